The second kappa shape index (κ2) is 18.8. The Bertz CT molecular complexity index is 2280. The van der Waals surface area contributed by atoms with Crippen LogP contribution in [-0.2, 0) is 24.9 Å². The summed E-state index contributed by atoms with van der Waals surface area (Å²) in [6.07, 6.45) is 1.17. The van der Waals surface area contributed by atoms with Gasteiger partial charge in [-0.3, -0.25) is 33.5 Å². The van der Waals surface area contributed by atoms with Crippen molar-refractivity contribution >= 4 is 27.9 Å². The Hall–Kier alpha value is -6.42. The summed E-state index contributed by atoms with van der Waals surface area (Å²) in [5.74, 6) is -1.43. The first-order valence-electron chi connectivity index (χ1n) is 16.8. The minimum absolute atomic E-state index is 0. The van der Waals surface area contributed by atoms with E-state index in [-0.39, 0.29) is 54.9 Å². The number of allylic oxidation sites excluding steroid dienone is 2. The monoisotopic (exact) mass is 927 g/mol. The van der Waals surface area contributed by atoms with Gasteiger partial charge in [0.25, 0.3) is 0 Å². The Morgan fingerprint density at radius 1 is 0.500 bits per heavy atom. The summed E-state index contributed by atoms with van der Waals surface area (Å²) in [6.45, 7) is 2.85. The van der Waals surface area contributed by atoms with E-state index in [4.69, 9.17) is 5.11 Å². The van der Waals surface area contributed by atoms with Gasteiger partial charge in [0.15, 0.2) is 5.78 Å². The number of hydrogen-bond donors (Lipinski definition) is 1. The standard InChI is InChI=1S/2C20H11F2N2.C5H8O2.Ir/c2*21-15-9-5-13(6-10-15)19-20(14-7-11-16(22)12-8-14)24-18-4-2-1-3-17(18)23-19;1-4(6)3-5(2)7;/h2*1-7,9-12H;3,6H,1-2H3;/q2*-1;;. The first-order chi connectivity index (χ1) is 26.5. The maximum Gasteiger partial charge on any atom is 0.155 e. The van der Waals surface area contributed by atoms with Gasteiger partial charge in [-0.05, 0) is 73.5 Å². The fraction of sp³-hybridized carbons (Fsp3) is 0.0444. The second-order valence-electron chi connectivity index (χ2n) is 12.1. The molecule has 0 amide bonds. The maximum atomic E-state index is 13.2. The van der Waals surface area contributed by atoms with E-state index in [1.165, 1.54) is 68.5 Å². The van der Waals surface area contributed by atoms with E-state index in [2.05, 4.69) is 32.1 Å². The molecule has 0 aliphatic rings. The Labute approximate surface area is 333 Å². The number of benzene rings is 6. The van der Waals surface area contributed by atoms with Crippen LogP contribution in [-0.4, -0.2) is 30.8 Å². The third-order valence-electron chi connectivity index (χ3n) is 7.85. The van der Waals surface area contributed by atoms with Crippen molar-refractivity contribution in [3.63, 3.8) is 0 Å². The van der Waals surface area contributed by atoms with Gasteiger partial charge in [0.05, 0.1) is 39.2 Å². The molecule has 2 heterocycles. The van der Waals surface area contributed by atoms with Crippen LogP contribution < -0.4 is 0 Å². The summed E-state index contributed by atoms with van der Waals surface area (Å²) in [4.78, 5) is 28.7. The van der Waals surface area contributed by atoms with Gasteiger partial charge < -0.3 is 5.11 Å². The second-order valence-corrected chi connectivity index (χ2v) is 12.1. The number of hydrogen-bond acceptors (Lipinski definition) is 6. The van der Waals surface area contributed by atoms with Crippen LogP contribution in [0.3, 0.4) is 0 Å². The maximum absolute atomic E-state index is 13.2. The van der Waals surface area contributed by atoms with Crippen molar-refractivity contribution in [2.24, 2.45) is 0 Å². The van der Waals surface area contributed by atoms with Crippen molar-refractivity contribution < 1.29 is 47.6 Å². The van der Waals surface area contributed by atoms with Crippen LogP contribution in [0.5, 0.6) is 0 Å². The molecule has 0 saturated heterocycles. The summed E-state index contributed by atoms with van der Waals surface area (Å²) in [5, 5.41) is 8.36. The fourth-order valence-corrected chi connectivity index (χ4v) is 5.39. The van der Waals surface area contributed by atoms with Crippen LogP contribution in [0.25, 0.3) is 67.1 Å². The molecule has 0 fully saturated rings. The van der Waals surface area contributed by atoms with Crippen molar-refractivity contribution in [2.45, 2.75) is 13.8 Å². The van der Waals surface area contributed by atoms with E-state index >= 15 is 0 Å². The van der Waals surface area contributed by atoms with Gasteiger partial charge in [-0.25, -0.2) is 8.78 Å². The molecule has 0 unspecified atom stereocenters. The SMILES string of the molecule is CC(=O)C=C(C)O.Fc1c[c-]c(-c2nc3ccccc3nc2-c2ccc(F)cc2)cc1.Fc1c[c-]c(-c2nc3ccccc3nc2-c2ccc(F)cc2)cc1.[Ir]. The zero-order valence-corrected chi connectivity index (χ0v) is 32.2. The average molecular weight is 927 g/mol. The van der Waals surface area contributed by atoms with Gasteiger partial charge in [0.2, 0.25) is 0 Å². The number of aromatic nitrogens is 4. The Kier molecular flexibility index (Phi) is 13.6. The van der Waals surface area contributed by atoms with E-state index < -0.39 is 0 Å². The molecule has 0 spiro atoms. The summed E-state index contributed by atoms with van der Waals surface area (Å²) >= 11 is 0. The number of carbonyl (C=O) groups is 1. The number of carbonyl (C=O) groups excluding carboxylic acids is 1. The minimum atomic E-state index is -0.365. The van der Waals surface area contributed by atoms with Crippen LogP contribution in [0.1, 0.15) is 13.8 Å². The topological polar surface area (TPSA) is 88.9 Å². The van der Waals surface area contributed by atoms with Crippen molar-refractivity contribution in [1.82, 2.24) is 19.9 Å². The summed E-state index contributed by atoms with van der Waals surface area (Å²) < 4.78 is 52.9. The van der Waals surface area contributed by atoms with Crippen molar-refractivity contribution in [2.75, 3.05) is 0 Å². The van der Waals surface area contributed by atoms with Crippen molar-refractivity contribution in [3.05, 3.63) is 181 Å². The largest absolute Gasteiger partial charge is 0.512 e. The molecule has 11 heteroatoms. The minimum Gasteiger partial charge on any atom is -0.512 e. The molecule has 8 rings (SSSR count). The third kappa shape index (κ3) is 10.4. The molecule has 0 bridgehead atoms. The molecule has 56 heavy (non-hydrogen) atoms. The van der Waals surface area contributed by atoms with Gasteiger partial charge in [-0.2, -0.15) is 0 Å². The van der Waals surface area contributed by atoms with E-state index in [1.807, 2.05) is 48.5 Å². The molecule has 0 aliphatic carbocycles. The van der Waals surface area contributed by atoms with Crippen LogP contribution in [0.15, 0.2) is 145 Å². The molecule has 0 saturated carbocycles. The number of aliphatic hydroxyl groups excluding tert-OH is 1. The van der Waals surface area contributed by atoms with E-state index in [0.29, 0.717) is 33.9 Å². The van der Waals surface area contributed by atoms with Gasteiger partial charge in [0, 0.05) is 49.2 Å². The molecule has 2 aromatic heterocycles. The first-order valence-corrected chi connectivity index (χ1v) is 16.8. The van der Waals surface area contributed by atoms with Crippen LogP contribution in [0.2, 0.25) is 0 Å². The normalized spacial score (nSPS) is 10.8. The molecule has 8 aromatic rings. The fourth-order valence-electron chi connectivity index (χ4n) is 5.39. The Morgan fingerprint density at radius 2 is 0.821 bits per heavy atom. The number of nitrogens with zero attached hydrogens (tertiary/aromatic N) is 4. The number of aliphatic hydroxyl groups is 1. The number of rotatable bonds is 5. The van der Waals surface area contributed by atoms with E-state index in [0.717, 1.165) is 33.2 Å². The summed E-state index contributed by atoms with van der Waals surface area (Å²) in [7, 11) is 0. The molecular weight excluding hydrogens is 897 g/mol. The predicted molar refractivity (Wildman–Crippen MR) is 205 cm³/mol. The molecular formula is C45H30F4IrN4O2-2. The van der Waals surface area contributed by atoms with E-state index in [9.17, 15) is 22.4 Å². The van der Waals surface area contributed by atoms with Crippen LogP contribution in [0.4, 0.5) is 17.6 Å². The van der Waals surface area contributed by atoms with Gasteiger partial charge >= 0.3 is 0 Å². The van der Waals surface area contributed by atoms with E-state index in [1.54, 1.807) is 36.4 Å². The Balaban J connectivity index is 0.000000181. The summed E-state index contributed by atoms with van der Waals surface area (Å²) in [5.41, 5.74) is 8.07. The number of ketones is 1. The zero-order chi connectivity index (χ0) is 38.9. The molecule has 6 aromatic carbocycles. The zero-order valence-electron chi connectivity index (χ0n) is 29.8. The number of halogens is 4. The van der Waals surface area contributed by atoms with Crippen LogP contribution >= 0.6 is 0 Å². The number of para-hydroxylation sites is 4. The first kappa shape index (κ1) is 40.8. The summed E-state index contributed by atoms with van der Waals surface area (Å²) in [6, 6.07) is 41.4. The van der Waals surface area contributed by atoms with Crippen molar-refractivity contribution in [1.29, 1.82) is 0 Å². The van der Waals surface area contributed by atoms with Gasteiger partial charge in [0.1, 0.15) is 11.6 Å². The third-order valence-corrected chi connectivity index (χ3v) is 7.85. The molecule has 1 N–H and O–H groups in total. The molecule has 1 radical (unpaired) electrons. The number of fused-ring (bicyclic) bond motifs is 2. The quantitative estimate of drug-likeness (QED) is 0.0801. The Morgan fingerprint density at radius 3 is 1.09 bits per heavy atom. The van der Waals surface area contributed by atoms with Gasteiger partial charge in [-0.15, -0.1) is 59.7 Å². The molecule has 0 aliphatic heterocycles. The molecule has 6 nitrogen and oxygen atoms in total. The van der Waals surface area contributed by atoms with Crippen molar-refractivity contribution in [3.8, 4) is 45.0 Å². The van der Waals surface area contributed by atoms with Gasteiger partial charge in [-0.1, -0.05) is 48.5 Å². The predicted octanol–water partition coefficient (Wildman–Crippen LogP) is 11.1. The molecule has 0 atom stereocenters. The van der Waals surface area contributed by atoms with Crippen LogP contribution in [0, 0.1) is 35.4 Å². The molecule has 281 valence electrons. The smallest absolute Gasteiger partial charge is 0.155 e. The average Bonchev–Trinajstić information content (AvgIpc) is 3.18.